The first-order valence-corrected chi connectivity index (χ1v) is 6.94. The van der Waals surface area contributed by atoms with Gasteiger partial charge < -0.3 is 5.11 Å². The molecule has 0 atom stereocenters. The van der Waals surface area contributed by atoms with Gasteiger partial charge in [-0.15, -0.1) is 0 Å². The first-order valence-electron chi connectivity index (χ1n) is 6.94. The quantitative estimate of drug-likeness (QED) is 0.694. The number of carboxylic acids is 1. The second kappa shape index (κ2) is 7.46. The summed E-state index contributed by atoms with van der Waals surface area (Å²) in [7, 11) is 0. The van der Waals surface area contributed by atoms with Crippen LogP contribution in [0.2, 0.25) is 0 Å². The Balaban J connectivity index is 1.86. The van der Waals surface area contributed by atoms with E-state index >= 15 is 0 Å². The van der Waals surface area contributed by atoms with E-state index in [1.54, 1.807) is 17.2 Å². The van der Waals surface area contributed by atoms with Crippen molar-refractivity contribution in [1.29, 1.82) is 0 Å². The minimum Gasteiger partial charge on any atom is -0.480 e. The van der Waals surface area contributed by atoms with Gasteiger partial charge in [0.2, 0.25) is 0 Å². The summed E-state index contributed by atoms with van der Waals surface area (Å²) in [6, 6.07) is 5.46. The molecule has 116 valence electrons. The van der Waals surface area contributed by atoms with E-state index in [2.05, 4.69) is 4.98 Å². The summed E-state index contributed by atoms with van der Waals surface area (Å²) in [4.78, 5) is 40.8. The van der Waals surface area contributed by atoms with E-state index in [9.17, 15) is 14.4 Å². The highest BCUT2D eigenvalue weighted by molar-refractivity contribution is 6.12. The third-order valence-electron chi connectivity index (χ3n) is 3.23. The van der Waals surface area contributed by atoms with Gasteiger partial charge in [0.05, 0.1) is 12.2 Å². The molecule has 0 saturated carbocycles. The van der Waals surface area contributed by atoms with Gasteiger partial charge in [-0.25, -0.2) is 0 Å². The predicted molar refractivity (Wildman–Crippen MR) is 77.6 cm³/mol. The number of rotatable bonds is 8. The van der Waals surface area contributed by atoms with Gasteiger partial charge in [0.1, 0.15) is 0 Å². The molecule has 2 amide bonds. The van der Waals surface area contributed by atoms with Gasteiger partial charge in [-0.05, 0) is 18.6 Å². The Labute approximate surface area is 127 Å². The zero-order valence-corrected chi connectivity index (χ0v) is 12.0. The van der Waals surface area contributed by atoms with Crippen LogP contribution in [0.4, 0.5) is 0 Å². The SMILES string of the molecule is O=C(O)CN(CCCN1C(=O)C=CC1=O)Cc1ccccn1. The van der Waals surface area contributed by atoms with Crippen molar-refractivity contribution in [2.45, 2.75) is 13.0 Å². The molecule has 0 unspecified atom stereocenters. The molecule has 2 rings (SSSR count). The Hall–Kier alpha value is -2.54. The molecule has 7 nitrogen and oxygen atoms in total. The fourth-order valence-electron chi connectivity index (χ4n) is 2.23. The van der Waals surface area contributed by atoms with E-state index in [0.29, 0.717) is 19.5 Å². The van der Waals surface area contributed by atoms with Crippen LogP contribution >= 0.6 is 0 Å². The standard InChI is InChI=1S/C15H17N3O4/c19-13-5-6-14(20)18(13)9-3-8-17(11-15(21)22)10-12-4-1-2-7-16-12/h1-2,4-7H,3,8-11H2,(H,21,22). The number of nitrogens with zero attached hydrogens (tertiary/aromatic N) is 3. The Morgan fingerprint density at radius 1 is 1.23 bits per heavy atom. The van der Waals surface area contributed by atoms with Crippen LogP contribution in [0.25, 0.3) is 0 Å². The topological polar surface area (TPSA) is 90.8 Å². The summed E-state index contributed by atoms with van der Waals surface area (Å²) in [5.41, 5.74) is 0.777. The van der Waals surface area contributed by atoms with Crippen LogP contribution in [0.15, 0.2) is 36.5 Å². The fraction of sp³-hybridized carbons (Fsp3) is 0.333. The predicted octanol–water partition coefficient (Wildman–Crippen LogP) is 0.283. The smallest absolute Gasteiger partial charge is 0.317 e. The van der Waals surface area contributed by atoms with Crippen LogP contribution in [-0.2, 0) is 20.9 Å². The normalized spacial score (nSPS) is 14.1. The molecule has 1 aromatic rings. The maximum absolute atomic E-state index is 11.4. The van der Waals surface area contributed by atoms with Crippen molar-refractivity contribution in [1.82, 2.24) is 14.8 Å². The number of carboxylic acid groups (broad SMARTS) is 1. The summed E-state index contributed by atoms with van der Waals surface area (Å²) >= 11 is 0. The molecule has 2 heterocycles. The van der Waals surface area contributed by atoms with E-state index in [1.807, 2.05) is 12.1 Å². The summed E-state index contributed by atoms with van der Waals surface area (Å²) in [5, 5.41) is 8.97. The monoisotopic (exact) mass is 303 g/mol. The molecular formula is C15H17N3O4. The maximum atomic E-state index is 11.4. The minimum atomic E-state index is -0.925. The highest BCUT2D eigenvalue weighted by atomic mass is 16.4. The van der Waals surface area contributed by atoms with E-state index in [-0.39, 0.29) is 24.9 Å². The summed E-state index contributed by atoms with van der Waals surface area (Å²) in [6.45, 7) is 1.03. The van der Waals surface area contributed by atoms with Gasteiger partial charge in [0, 0.05) is 38.0 Å². The molecule has 0 aliphatic carbocycles. The van der Waals surface area contributed by atoms with Crippen molar-refractivity contribution >= 4 is 17.8 Å². The summed E-state index contributed by atoms with van der Waals surface area (Å²) in [5.74, 6) is -1.56. The molecule has 7 heteroatoms. The molecule has 0 fully saturated rings. The van der Waals surface area contributed by atoms with Crippen molar-refractivity contribution in [3.8, 4) is 0 Å². The van der Waals surface area contributed by atoms with E-state index in [0.717, 1.165) is 10.6 Å². The lowest BCUT2D eigenvalue weighted by Gasteiger charge is -2.21. The summed E-state index contributed by atoms with van der Waals surface area (Å²) in [6.07, 6.45) is 4.65. The van der Waals surface area contributed by atoms with Crippen molar-refractivity contribution in [2.24, 2.45) is 0 Å². The van der Waals surface area contributed by atoms with E-state index in [4.69, 9.17) is 5.11 Å². The average molecular weight is 303 g/mol. The second-order valence-electron chi connectivity index (χ2n) is 4.94. The van der Waals surface area contributed by atoms with Crippen LogP contribution in [0.1, 0.15) is 12.1 Å². The van der Waals surface area contributed by atoms with Crippen molar-refractivity contribution < 1.29 is 19.5 Å². The molecule has 1 aromatic heterocycles. The number of hydrogen-bond acceptors (Lipinski definition) is 5. The van der Waals surface area contributed by atoms with Gasteiger partial charge >= 0.3 is 5.97 Å². The number of aliphatic carboxylic acids is 1. The van der Waals surface area contributed by atoms with Gasteiger partial charge in [0.25, 0.3) is 11.8 Å². The van der Waals surface area contributed by atoms with Crippen molar-refractivity contribution in [3.63, 3.8) is 0 Å². The lowest BCUT2D eigenvalue weighted by molar-refractivity contribution is -0.139. The molecule has 0 bridgehead atoms. The number of aromatic nitrogens is 1. The molecule has 1 N–H and O–H groups in total. The molecule has 0 radical (unpaired) electrons. The van der Waals surface area contributed by atoms with Gasteiger partial charge in [-0.2, -0.15) is 0 Å². The first kappa shape index (κ1) is 15.8. The maximum Gasteiger partial charge on any atom is 0.317 e. The summed E-state index contributed by atoms with van der Waals surface area (Å²) < 4.78 is 0. The lowest BCUT2D eigenvalue weighted by atomic mass is 10.3. The Morgan fingerprint density at radius 2 is 1.95 bits per heavy atom. The molecule has 22 heavy (non-hydrogen) atoms. The number of carbonyl (C=O) groups excluding carboxylic acids is 2. The van der Waals surface area contributed by atoms with Gasteiger partial charge in [-0.3, -0.25) is 29.2 Å². The molecule has 0 spiro atoms. The first-order chi connectivity index (χ1) is 10.6. The number of imide groups is 1. The van der Waals surface area contributed by atoms with Crippen molar-refractivity contribution in [3.05, 3.63) is 42.2 Å². The minimum absolute atomic E-state index is 0.114. The zero-order chi connectivity index (χ0) is 15.9. The highest BCUT2D eigenvalue weighted by Crippen LogP contribution is 2.06. The molecule has 1 aliphatic rings. The van der Waals surface area contributed by atoms with Gasteiger partial charge in [0.15, 0.2) is 0 Å². The Morgan fingerprint density at radius 3 is 2.55 bits per heavy atom. The third-order valence-corrected chi connectivity index (χ3v) is 3.23. The molecule has 0 aromatic carbocycles. The number of pyridine rings is 1. The Kier molecular flexibility index (Phi) is 5.37. The Bertz CT molecular complexity index is 568. The zero-order valence-electron chi connectivity index (χ0n) is 12.0. The molecule has 0 saturated heterocycles. The molecule has 1 aliphatic heterocycles. The largest absolute Gasteiger partial charge is 0.480 e. The van der Waals surface area contributed by atoms with Gasteiger partial charge in [-0.1, -0.05) is 6.07 Å². The van der Waals surface area contributed by atoms with Crippen LogP contribution in [0.5, 0.6) is 0 Å². The fourth-order valence-corrected chi connectivity index (χ4v) is 2.23. The molecular weight excluding hydrogens is 286 g/mol. The lowest BCUT2D eigenvalue weighted by Crippen LogP contribution is -2.35. The average Bonchev–Trinajstić information content (AvgIpc) is 2.79. The number of carbonyl (C=O) groups is 3. The van der Waals surface area contributed by atoms with Crippen LogP contribution < -0.4 is 0 Å². The number of hydrogen-bond donors (Lipinski definition) is 1. The third kappa shape index (κ3) is 4.49. The second-order valence-corrected chi connectivity index (χ2v) is 4.94. The van der Waals surface area contributed by atoms with Crippen molar-refractivity contribution in [2.75, 3.05) is 19.6 Å². The number of amides is 2. The van der Waals surface area contributed by atoms with E-state index < -0.39 is 5.97 Å². The van der Waals surface area contributed by atoms with E-state index in [1.165, 1.54) is 12.2 Å². The van der Waals surface area contributed by atoms with Crippen LogP contribution in [0.3, 0.4) is 0 Å². The van der Waals surface area contributed by atoms with Crippen LogP contribution in [-0.4, -0.2) is 57.3 Å². The van der Waals surface area contributed by atoms with Crippen LogP contribution in [0, 0.1) is 0 Å². The highest BCUT2D eigenvalue weighted by Gasteiger charge is 2.22.